The third kappa shape index (κ3) is 5.25. The minimum Gasteiger partial charge on any atom is -0.489 e. The van der Waals surface area contributed by atoms with Crippen LogP contribution < -0.4 is 15.8 Å². The lowest BCUT2D eigenvalue weighted by Gasteiger charge is -2.07. The fourth-order valence-corrected chi connectivity index (χ4v) is 3.87. The second-order valence-electron chi connectivity index (χ2n) is 7.21. The standard InChI is InChI=1S/C25H21N3O3S/c1-16-6-8-18(9-7-16)15-31-19-12-10-17(11-13-19)14-22-24(30)28-25(32-22)27-21-5-3-2-4-20(21)23(26)29/h2-14H,15H2,1H3,(H2,26,29)(H,27,28,30)/b22-14-. The SMILES string of the molecule is Cc1ccc(COc2ccc(/C=C3\SC(=Nc4ccccc4C(N)=O)NC3=O)cc2)cc1. The van der Waals surface area contributed by atoms with Crippen LogP contribution in [0.4, 0.5) is 5.69 Å². The summed E-state index contributed by atoms with van der Waals surface area (Å²) < 4.78 is 5.83. The van der Waals surface area contributed by atoms with Gasteiger partial charge in [0, 0.05) is 0 Å². The maximum absolute atomic E-state index is 12.4. The zero-order chi connectivity index (χ0) is 22.5. The van der Waals surface area contributed by atoms with Gasteiger partial charge in [-0.15, -0.1) is 0 Å². The Balaban J connectivity index is 1.43. The van der Waals surface area contributed by atoms with E-state index >= 15 is 0 Å². The van der Waals surface area contributed by atoms with Crippen molar-refractivity contribution in [2.75, 3.05) is 0 Å². The normalized spacial score (nSPS) is 15.7. The first-order chi connectivity index (χ1) is 15.5. The summed E-state index contributed by atoms with van der Waals surface area (Å²) in [5.74, 6) is -0.0636. The van der Waals surface area contributed by atoms with Gasteiger partial charge in [-0.25, -0.2) is 4.99 Å². The first kappa shape index (κ1) is 21.4. The van der Waals surface area contributed by atoms with E-state index in [1.54, 1.807) is 30.3 Å². The molecule has 0 aromatic heterocycles. The number of nitrogens with zero attached hydrogens (tertiary/aromatic N) is 1. The number of aliphatic imine (C=N–C) groups is 1. The van der Waals surface area contributed by atoms with Crippen molar-refractivity contribution in [3.8, 4) is 5.75 Å². The minimum atomic E-state index is -0.570. The van der Waals surface area contributed by atoms with Gasteiger partial charge in [0.15, 0.2) is 5.17 Å². The summed E-state index contributed by atoms with van der Waals surface area (Å²) in [5.41, 5.74) is 9.29. The molecule has 1 aliphatic heterocycles. The summed E-state index contributed by atoms with van der Waals surface area (Å²) in [6.45, 7) is 2.54. The van der Waals surface area contributed by atoms with Crippen molar-refractivity contribution < 1.29 is 14.3 Å². The van der Waals surface area contributed by atoms with E-state index in [0.29, 0.717) is 27.9 Å². The van der Waals surface area contributed by atoms with E-state index in [-0.39, 0.29) is 5.91 Å². The molecule has 1 aliphatic rings. The van der Waals surface area contributed by atoms with Gasteiger partial charge in [0.05, 0.1) is 16.2 Å². The molecule has 3 aromatic carbocycles. The molecule has 0 unspecified atom stereocenters. The smallest absolute Gasteiger partial charge is 0.264 e. The maximum Gasteiger partial charge on any atom is 0.264 e. The molecule has 0 aliphatic carbocycles. The number of nitrogens with one attached hydrogen (secondary N) is 1. The Morgan fingerprint density at radius 1 is 1.06 bits per heavy atom. The second-order valence-corrected chi connectivity index (χ2v) is 8.24. The van der Waals surface area contributed by atoms with Crippen LogP contribution in [0.2, 0.25) is 0 Å². The Bertz CT molecular complexity index is 1220. The van der Waals surface area contributed by atoms with E-state index in [2.05, 4.69) is 29.4 Å². The van der Waals surface area contributed by atoms with Crippen LogP contribution in [0.5, 0.6) is 5.75 Å². The molecule has 0 saturated carbocycles. The molecule has 1 fully saturated rings. The van der Waals surface area contributed by atoms with Crippen molar-refractivity contribution in [2.45, 2.75) is 13.5 Å². The number of aryl methyl sites for hydroxylation is 1. The molecule has 0 bridgehead atoms. The molecule has 32 heavy (non-hydrogen) atoms. The van der Waals surface area contributed by atoms with Crippen molar-refractivity contribution >= 4 is 40.5 Å². The van der Waals surface area contributed by atoms with Crippen molar-refractivity contribution in [2.24, 2.45) is 10.7 Å². The lowest BCUT2D eigenvalue weighted by molar-refractivity contribution is -0.115. The number of primary amides is 1. The molecular formula is C25H21N3O3S. The number of thioether (sulfide) groups is 1. The fourth-order valence-electron chi connectivity index (χ4n) is 3.03. The summed E-state index contributed by atoms with van der Waals surface area (Å²) in [6.07, 6.45) is 1.78. The highest BCUT2D eigenvalue weighted by atomic mass is 32.2. The molecule has 4 rings (SSSR count). The molecule has 3 aromatic rings. The van der Waals surface area contributed by atoms with Gasteiger partial charge >= 0.3 is 0 Å². The van der Waals surface area contributed by atoms with Crippen LogP contribution >= 0.6 is 11.8 Å². The van der Waals surface area contributed by atoms with Crippen molar-refractivity contribution in [3.05, 3.63) is 100.0 Å². The highest BCUT2D eigenvalue weighted by molar-refractivity contribution is 8.18. The van der Waals surface area contributed by atoms with Crippen LogP contribution in [0.25, 0.3) is 6.08 Å². The lowest BCUT2D eigenvalue weighted by atomic mass is 10.1. The van der Waals surface area contributed by atoms with E-state index in [4.69, 9.17) is 10.5 Å². The van der Waals surface area contributed by atoms with E-state index < -0.39 is 5.91 Å². The monoisotopic (exact) mass is 443 g/mol. The second kappa shape index (κ2) is 9.53. The molecular weight excluding hydrogens is 422 g/mol. The molecule has 2 amide bonds. The first-order valence-electron chi connectivity index (χ1n) is 9.95. The molecule has 1 saturated heterocycles. The Kier molecular flexibility index (Phi) is 6.37. The van der Waals surface area contributed by atoms with E-state index in [1.165, 1.54) is 17.3 Å². The number of amides is 2. The summed E-state index contributed by atoms with van der Waals surface area (Å²) in [7, 11) is 0. The van der Waals surface area contributed by atoms with Crippen molar-refractivity contribution in [1.29, 1.82) is 0 Å². The van der Waals surface area contributed by atoms with Gasteiger partial charge in [-0.2, -0.15) is 0 Å². The molecule has 3 N–H and O–H groups in total. The predicted molar refractivity (Wildman–Crippen MR) is 128 cm³/mol. The molecule has 0 atom stereocenters. The number of ether oxygens (including phenoxy) is 1. The highest BCUT2D eigenvalue weighted by Crippen LogP contribution is 2.29. The average molecular weight is 444 g/mol. The highest BCUT2D eigenvalue weighted by Gasteiger charge is 2.24. The zero-order valence-corrected chi connectivity index (χ0v) is 18.2. The van der Waals surface area contributed by atoms with Gasteiger partial charge in [0.2, 0.25) is 0 Å². The maximum atomic E-state index is 12.4. The number of carbonyl (C=O) groups excluding carboxylic acids is 2. The number of benzene rings is 3. The molecule has 7 heteroatoms. The Hall–Kier alpha value is -3.84. The van der Waals surface area contributed by atoms with Crippen LogP contribution in [0, 0.1) is 6.92 Å². The predicted octanol–water partition coefficient (Wildman–Crippen LogP) is 4.56. The van der Waals surface area contributed by atoms with Crippen LogP contribution in [0.3, 0.4) is 0 Å². The van der Waals surface area contributed by atoms with E-state index in [0.717, 1.165) is 16.9 Å². The fraction of sp³-hybridized carbons (Fsp3) is 0.0800. The van der Waals surface area contributed by atoms with E-state index in [1.807, 2.05) is 36.4 Å². The number of carbonyl (C=O) groups is 2. The number of para-hydroxylation sites is 1. The number of hydrogen-bond donors (Lipinski definition) is 2. The Morgan fingerprint density at radius 3 is 2.50 bits per heavy atom. The Morgan fingerprint density at radius 2 is 1.78 bits per heavy atom. The number of nitrogens with two attached hydrogens (primary N) is 1. The minimum absolute atomic E-state index is 0.245. The van der Waals surface area contributed by atoms with Gasteiger partial charge in [-0.1, -0.05) is 54.1 Å². The topological polar surface area (TPSA) is 93.8 Å². The Labute approximate surface area is 190 Å². The summed E-state index contributed by atoms with van der Waals surface area (Å²) in [6, 6.07) is 22.5. The van der Waals surface area contributed by atoms with Crippen molar-refractivity contribution in [1.82, 2.24) is 5.32 Å². The van der Waals surface area contributed by atoms with Crippen LogP contribution in [-0.4, -0.2) is 17.0 Å². The molecule has 6 nitrogen and oxygen atoms in total. The molecule has 1 heterocycles. The average Bonchev–Trinajstić information content (AvgIpc) is 3.13. The van der Waals surface area contributed by atoms with Gasteiger partial charge in [0.1, 0.15) is 12.4 Å². The van der Waals surface area contributed by atoms with Crippen LogP contribution in [0.1, 0.15) is 27.0 Å². The van der Waals surface area contributed by atoms with Crippen LogP contribution in [0.15, 0.2) is 82.7 Å². The van der Waals surface area contributed by atoms with E-state index in [9.17, 15) is 9.59 Å². The number of amidine groups is 1. The quantitative estimate of drug-likeness (QED) is 0.546. The van der Waals surface area contributed by atoms with Crippen molar-refractivity contribution in [3.63, 3.8) is 0 Å². The summed E-state index contributed by atoms with van der Waals surface area (Å²) in [5, 5.41) is 3.12. The van der Waals surface area contributed by atoms with Gasteiger partial charge in [-0.3, -0.25) is 9.59 Å². The van der Waals surface area contributed by atoms with Gasteiger partial charge < -0.3 is 15.8 Å². The number of rotatable bonds is 6. The largest absolute Gasteiger partial charge is 0.489 e. The van der Waals surface area contributed by atoms with Gasteiger partial charge in [-0.05, 0) is 60.2 Å². The molecule has 0 radical (unpaired) electrons. The third-order valence-electron chi connectivity index (χ3n) is 4.75. The summed E-state index contributed by atoms with van der Waals surface area (Å²) in [4.78, 5) is 28.8. The molecule has 160 valence electrons. The lowest BCUT2D eigenvalue weighted by Crippen LogP contribution is -2.19. The third-order valence-corrected chi connectivity index (χ3v) is 5.66. The molecule has 0 spiro atoms. The zero-order valence-electron chi connectivity index (χ0n) is 17.4. The summed E-state index contributed by atoms with van der Waals surface area (Å²) >= 11 is 1.21. The van der Waals surface area contributed by atoms with Gasteiger partial charge in [0.25, 0.3) is 11.8 Å². The van der Waals surface area contributed by atoms with Crippen LogP contribution in [-0.2, 0) is 11.4 Å². The number of hydrogen-bond acceptors (Lipinski definition) is 5. The first-order valence-corrected chi connectivity index (χ1v) is 10.8.